The first-order valence-electron chi connectivity index (χ1n) is 5.47. The molecule has 1 spiro atoms. The number of amides is 1. The highest BCUT2D eigenvalue weighted by Gasteiger charge is 2.50. The monoisotopic (exact) mass is 225 g/mol. The second-order valence-corrected chi connectivity index (χ2v) is 6.12. The molecule has 4 nitrogen and oxygen atoms in total. The van der Waals surface area contributed by atoms with Crippen molar-refractivity contribution in [3.05, 3.63) is 0 Å². The molecule has 2 heterocycles. The van der Waals surface area contributed by atoms with Gasteiger partial charge in [-0.1, -0.05) is 6.92 Å². The van der Waals surface area contributed by atoms with E-state index in [0.29, 0.717) is 17.3 Å². The van der Waals surface area contributed by atoms with Crippen molar-refractivity contribution in [2.24, 2.45) is 4.99 Å². The molecule has 0 aromatic carbocycles. The number of thioether (sulfide) groups is 1. The first-order chi connectivity index (χ1) is 7.18. The van der Waals surface area contributed by atoms with Crippen LogP contribution < -0.4 is 10.6 Å². The number of nitrogens with zero attached hydrogens (tertiary/aromatic N) is 1. The molecule has 82 valence electrons. The van der Waals surface area contributed by atoms with Crippen LogP contribution >= 0.6 is 11.8 Å². The topological polar surface area (TPSA) is 53.5 Å². The van der Waals surface area contributed by atoms with E-state index in [1.165, 1.54) is 12.8 Å². The Morgan fingerprint density at radius 1 is 1.53 bits per heavy atom. The van der Waals surface area contributed by atoms with Gasteiger partial charge in [0, 0.05) is 11.0 Å². The molecule has 3 fully saturated rings. The summed E-state index contributed by atoms with van der Waals surface area (Å²) < 4.78 is 0. The molecule has 2 atom stereocenters. The maximum atomic E-state index is 11.9. The number of nitrogens with one attached hydrogen (secondary N) is 2. The first-order valence-corrected chi connectivity index (χ1v) is 6.52. The molecular weight excluding hydrogens is 210 g/mol. The Morgan fingerprint density at radius 3 is 2.93 bits per heavy atom. The van der Waals surface area contributed by atoms with Gasteiger partial charge in [-0.25, -0.2) is 4.99 Å². The lowest BCUT2D eigenvalue weighted by Crippen LogP contribution is -2.47. The van der Waals surface area contributed by atoms with Crippen LogP contribution in [0, 0.1) is 0 Å². The fourth-order valence-electron chi connectivity index (χ4n) is 2.13. The summed E-state index contributed by atoms with van der Waals surface area (Å²) in [4.78, 5) is 16.3. The van der Waals surface area contributed by atoms with Crippen molar-refractivity contribution >= 4 is 23.6 Å². The lowest BCUT2D eigenvalue weighted by molar-refractivity contribution is -0.123. The van der Waals surface area contributed by atoms with E-state index in [1.54, 1.807) is 0 Å². The summed E-state index contributed by atoms with van der Waals surface area (Å²) in [7, 11) is 0. The number of hydrogen-bond acceptors (Lipinski definition) is 3. The van der Waals surface area contributed by atoms with E-state index in [-0.39, 0.29) is 11.4 Å². The highest BCUT2D eigenvalue weighted by molar-refractivity contribution is 8.00. The number of guanidine groups is 1. The summed E-state index contributed by atoms with van der Waals surface area (Å²) >= 11 is 1.86. The summed E-state index contributed by atoms with van der Waals surface area (Å²) in [6.07, 6.45) is 3.24. The zero-order chi connectivity index (χ0) is 10.5. The van der Waals surface area contributed by atoms with Crippen LogP contribution in [0.2, 0.25) is 0 Å². The van der Waals surface area contributed by atoms with Gasteiger partial charge in [-0.15, -0.1) is 0 Å². The Balaban J connectivity index is 1.78. The van der Waals surface area contributed by atoms with Crippen LogP contribution in [0.25, 0.3) is 0 Å². The van der Waals surface area contributed by atoms with Crippen LogP contribution in [0.1, 0.15) is 26.2 Å². The van der Waals surface area contributed by atoms with E-state index in [4.69, 9.17) is 0 Å². The predicted molar refractivity (Wildman–Crippen MR) is 61.0 cm³/mol. The molecule has 15 heavy (non-hydrogen) atoms. The molecule has 1 saturated carbocycles. The van der Waals surface area contributed by atoms with Crippen LogP contribution in [0.15, 0.2) is 4.99 Å². The van der Waals surface area contributed by atoms with E-state index < -0.39 is 0 Å². The largest absolute Gasteiger partial charge is 0.341 e. The van der Waals surface area contributed by atoms with E-state index in [2.05, 4.69) is 22.5 Å². The van der Waals surface area contributed by atoms with E-state index in [1.807, 2.05) is 11.8 Å². The van der Waals surface area contributed by atoms with Gasteiger partial charge >= 0.3 is 0 Å². The Labute approximate surface area is 93.3 Å². The van der Waals surface area contributed by atoms with Crippen LogP contribution in [-0.4, -0.2) is 34.5 Å². The maximum Gasteiger partial charge on any atom is 0.253 e. The minimum atomic E-state index is -0.363. The summed E-state index contributed by atoms with van der Waals surface area (Å²) in [5.41, 5.74) is -0.363. The molecule has 2 N–H and O–H groups in total. The molecule has 5 heteroatoms. The molecule has 3 rings (SSSR count). The van der Waals surface area contributed by atoms with Crippen LogP contribution in [0.3, 0.4) is 0 Å². The fourth-order valence-corrected chi connectivity index (χ4v) is 3.42. The van der Waals surface area contributed by atoms with Crippen molar-refractivity contribution in [2.75, 3.05) is 5.75 Å². The molecule has 0 aromatic rings. The summed E-state index contributed by atoms with van der Waals surface area (Å²) in [6.45, 7) is 2.17. The molecule has 1 aliphatic carbocycles. The smallest absolute Gasteiger partial charge is 0.253 e. The number of carbonyl (C=O) groups excluding carboxylic acids is 1. The third-order valence-electron chi connectivity index (χ3n) is 3.13. The van der Waals surface area contributed by atoms with E-state index >= 15 is 0 Å². The molecule has 0 bridgehead atoms. The van der Waals surface area contributed by atoms with Crippen LogP contribution in [-0.2, 0) is 4.79 Å². The Kier molecular flexibility index (Phi) is 1.99. The second-order valence-electron chi connectivity index (χ2n) is 4.70. The summed E-state index contributed by atoms with van der Waals surface area (Å²) in [5.74, 6) is 1.68. The summed E-state index contributed by atoms with van der Waals surface area (Å²) in [5, 5.41) is 6.71. The zero-order valence-corrected chi connectivity index (χ0v) is 9.56. The molecular formula is C10H15N3OS. The fraction of sp³-hybridized carbons (Fsp3) is 0.800. The van der Waals surface area contributed by atoms with Crippen molar-refractivity contribution in [3.8, 4) is 0 Å². The van der Waals surface area contributed by atoms with Crippen molar-refractivity contribution in [1.29, 1.82) is 0 Å². The predicted octanol–water partition coefficient (Wildman–Crippen LogP) is 0.488. The minimum absolute atomic E-state index is 0.110. The van der Waals surface area contributed by atoms with Gasteiger partial charge in [-0.05, 0) is 19.3 Å². The number of aliphatic imine (C=N–C) groups is 1. The zero-order valence-electron chi connectivity index (χ0n) is 8.75. The van der Waals surface area contributed by atoms with E-state index in [9.17, 15) is 4.79 Å². The van der Waals surface area contributed by atoms with Gasteiger partial charge < -0.3 is 5.32 Å². The quantitative estimate of drug-likeness (QED) is 0.683. The van der Waals surface area contributed by atoms with Gasteiger partial charge in [0.1, 0.15) is 5.54 Å². The SMILES string of the molecule is CC1CC2(CS1)NC(=NC1CC1)NC2=O. The molecule has 0 radical (unpaired) electrons. The third-order valence-corrected chi connectivity index (χ3v) is 4.53. The Hall–Kier alpha value is -0.710. The van der Waals surface area contributed by atoms with Gasteiger partial charge in [-0.3, -0.25) is 10.1 Å². The molecule has 3 aliphatic rings. The molecule has 2 aliphatic heterocycles. The average molecular weight is 225 g/mol. The molecule has 0 aromatic heterocycles. The number of hydrogen-bond donors (Lipinski definition) is 2. The Morgan fingerprint density at radius 2 is 2.33 bits per heavy atom. The standard InChI is InChI=1S/C10H15N3OS/c1-6-4-10(5-15-6)8(14)12-9(13-10)11-7-2-3-7/h6-7H,2-5H2,1H3,(H2,11,12,13,14). The number of rotatable bonds is 1. The van der Waals surface area contributed by atoms with Crippen molar-refractivity contribution in [1.82, 2.24) is 10.6 Å². The molecule has 2 unspecified atom stereocenters. The first kappa shape index (κ1) is 9.51. The minimum Gasteiger partial charge on any atom is -0.341 e. The third kappa shape index (κ3) is 1.62. The van der Waals surface area contributed by atoms with Crippen LogP contribution in [0.5, 0.6) is 0 Å². The van der Waals surface area contributed by atoms with Gasteiger partial charge in [0.25, 0.3) is 5.91 Å². The van der Waals surface area contributed by atoms with Gasteiger partial charge in [0.05, 0.1) is 6.04 Å². The van der Waals surface area contributed by atoms with Crippen molar-refractivity contribution < 1.29 is 4.79 Å². The lowest BCUT2D eigenvalue weighted by atomic mass is 9.97. The number of carbonyl (C=O) groups is 1. The normalized spacial score (nSPS) is 42.3. The van der Waals surface area contributed by atoms with E-state index in [0.717, 1.165) is 12.2 Å². The second kappa shape index (κ2) is 3.14. The van der Waals surface area contributed by atoms with Crippen molar-refractivity contribution in [3.63, 3.8) is 0 Å². The summed E-state index contributed by atoms with van der Waals surface area (Å²) in [6, 6.07) is 0.453. The molecule has 1 amide bonds. The molecule has 2 saturated heterocycles. The maximum absolute atomic E-state index is 11.9. The van der Waals surface area contributed by atoms with Gasteiger partial charge in [0.2, 0.25) is 0 Å². The highest BCUT2D eigenvalue weighted by atomic mass is 32.2. The van der Waals surface area contributed by atoms with Gasteiger partial charge in [-0.2, -0.15) is 11.8 Å². The average Bonchev–Trinajstić information content (AvgIpc) is 2.83. The Bertz CT molecular complexity index is 340. The van der Waals surface area contributed by atoms with Gasteiger partial charge in [0.15, 0.2) is 5.96 Å². The van der Waals surface area contributed by atoms with Crippen LogP contribution in [0.4, 0.5) is 0 Å². The lowest BCUT2D eigenvalue weighted by Gasteiger charge is -2.18. The van der Waals surface area contributed by atoms with Crippen molar-refractivity contribution in [2.45, 2.75) is 43.0 Å². The highest BCUT2D eigenvalue weighted by Crippen LogP contribution is 2.36.